The van der Waals surface area contributed by atoms with E-state index in [-0.39, 0.29) is 5.91 Å². The first-order valence-electron chi connectivity index (χ1n) is 7.45. The second-order valence-corrected chi connectivity index (χ2v) is 5.88. The summed E-state index contributed by atoms with van der Waals surface area (Å²) in [6.07, 6.45) is 8.69. The molecule has 2 fully saturated rings. The average molecular weight is 253 g/mol. The van der Waals surface area contributed by atoms with Crippen molar-refractivity contribution in [2.24, 2.45) is 0 Å². The second kappa shape index (κ2) is 7.10. The summed E-state index contributed by atoms with van der Waals surface area (Å²) in [5, 5.41) is 6.54. The van der Waals surface area contributed by atoms with Crippen LogP contribution in [0.2, 0.25) is 0 Å². The predicted octanol–water partition coefficient (Wildman–Crippen LogP) is 1.12. The minimum absolute atomic E-state index is 0.177. The lowest BCUT2D eigenvalue weighted by atomic mass is 10.1. The van der Waals surface area contributed by atoms with Gasteiger partial charge in [0.2, 0.25) is 5.91 Å². The Hall–Kier alpha value is -0.610. The van der Waals surface area contributed by atoms with E-state index in [1.54, 1.807) is 0 Å². The molecule has 2 aliphatic rings. The molecule has 1 aliphatic carbocycles. The predicted molar refractivity (Wildman–Crippen MR) is 73.5 cm³/mol. The Morgan fingerprint density at radius 2 is 1.83 bits per heavy atom. The first-order chi connectivity index (χ1) is 8.74. The van der Waals surface area contributed by atoms with Crippen molar-refractivity contribution >= 4 is 5.91 Å². The molecule has 18 heavy (non-hydrogen) atoms. The van der Waals surface area contributed by atoms with Crippen molar-refractivity contribution in [2.75, 3.05) is 26.7 Å². The Morgan fingerprint density at radius 3 is 2.44 bits per heavy atom. The number of likely N-dealkylation sites (tertiary alicyclic amines) is 1. The molecular weight excluding hydrogens is 226 g/mol. The van der Waals surface area contributed by atoms with E-state index in [1.165, 1.54) is 25.7 Å². The van der Waals surface area contributed by atoms with Crippen LogP contribution in [-0.4, -0.2) is 49.6 Å². The maximum Gasteiger partial charge on any atom is 0.234 e. The summed E-state index contributed by atoms with van der Waals surface area (Å²) >= 11 is 0. The van der Waals surface area contributed by atoms with Gasteiger partial charge in [-0.3, -0.25) is 4.79 Å². The number of likely N-dealkylation sites (N-methyl/N-ethyl adjacent to an activating group) is 1. The Bertz CT molecular complexity index is 262. The van der Waals surface area contributed by atoms with Gasteiger partial charge in [0, 0.05) is 18.6 Å². The highest BCUT2D eigenvalue weighted by Gasteiger charge is 2.20. The van der Waals surface area contributed by atoms with Crippen molar-refractivity contribution in [3.05, 3.63) is 0 Å². The van der Waals surface area contributed by atoms with Gasteiger partial charge in [0.1, 0.15) is 0 Å². The van der Waals surface area contributed by atoms with Gasteiger partial charge in [-0.25, -0.2) is 0 Å². The molecular formula is C14H27N3O. The van der Waals surface area contributed by atoms with Gasteiger partial charge in [-0.1, -0.05) is 25.7 Å². The van der Waals surface area contributed by atoms with E-state index in [9.17, 15) is 4.79 Å². The van der Waals surface area contributed by atoms with Crippen LogP contribution in [0.25, 0.3) is 0 Å². The molecule has 1 atom stereocenters. The zero-order valence-corrected chi connectivity index (χ0v) is 11.6. The molecule has 0 aromatic heterocycles. The van der Waals surface area contributed by atoms with E-state index >= 15 is 0 Å². The third kappa shape index (κ3) is 4.58. The summed E-state index contributed by atoms with van der Waals surface area (Å²) in [6, 6.07) is 0.919. The fourth-order valence-electron chi connectivity index (χ4n) is 3.04. The molecule has 2 rings (SSSR count). The lowest BCUT2D eigenvalue weighted by Gasteiger charge is -2.18. The van der Waals surface area contributed by atoms with Gasteiger partial charge in [-0.05, 0) is 32.9 Å². The normalized spacial score (nSPS) is 27.1. The van der Waals surface area contributed by atoms with Crippen LogP contribution in [0.5, 0.6) is 0 Å². The highest BCUT2D eigenvalue weighted by molar-refractivity contribution is 5.78. The van der Waals surface area contributed by atoms with E-state index in [0.717, 1.165) is 32.4 Å². The number of hydrogen-bond donors (Lipinski definition) is 2. The highest BCUT2D eigenvalue weighted by Crippen LogP contribution is 2.17. The molecule has 0 spiro atoms. The summed E-state index contributed by atoms with van der Waals surface area (Å²) < 4.78 is 0. The van der Waals surface area contributed by atoms with Crippen molar-refractivity contribution in [1.29, 1.82) is 0 Å². The lowest BCUT2D eigenvalue weighted by molar-refractivity contribution is -0.121. The molecule has 0 bridgehead atoms. The summed E-state index contributed by atoms with van der Waals surface area (Å²) in [7, 11) is 2.13. The summed E-state index contributed by atoms with van der Waals surface area (Å²) in [4.78, 5) is 14.2. The molecule has 1 saturated carbocycles. The van der Waals surface area contributed by atoms with Gasteiger partial charge in [0.15, 0.2) is 0 Å². The Balaban J connectivity index is 1.62. The van der Waals surface area contributed by atoms with E-state index in [2.05, 4.69) is 22.6 Å². The van der Waals surface area contributed by atoms with Gasteiger partial charge in [0.05, 0.1) is 6.54 Å². The first kappa shape index (κ1) is 13.8. The SMILES string of the molecule is CN1CCC(NCC(=O)NC2CCCCCC2)C1. The summed E-state index contributed by atoms with van der Waals surface area (Å²) in [5.74, 6) is 0.177. The van der Waals surface area contributed by atoms with Crippen molar-refractivity contribution in [3.63, 3.8) is 0 Å². The maximum absolute atomic E-state index is 11.9. The molecule has 2 N–H and O–H groups in total. The first-order valence-corrected chi connectivity index (χ1v) is 7.45. The number of hydrogen-bond acceptors (Lipinski definition) is 3. The van der Waals surface area contributed by atoms with E-state index in [1.807, 2.05) is 0 Å². The molecule has 0 aromatic carbocycles. The van der Waals surface area contributed by atoms with Gasteiger partial charge in [-0.2, -0.15) is 0 Å². The van der Waals surface area contributed by atoms with E-state index in [0.29, 0.717) is 18.6 Å². The molecule has 1 heterocycles. The van der Waals surface area contributed by atoms with Crippen molar-refractivity contribution < 1.29 is 4.79 Å². The minimum Gasteiger partial charge on any atom is -0.352 e. The standard InChI is InChI=1S/C14H27N3O/c1-17-9-8-13(11-17)15-10-14(18)16-12-6-4-2-3-5-7-12/h12-13,15H,2-11H2,1H3,(H,16,18). The van der Waals surface area contributed by atoms with Gasteiger partial charge in [-0.15, -0.1) is 0 Å². The molecule has 1 saturated heterocycles. The Kier molecular flexibility index (Phi) is 5.45. The number of rotatable bonds is 4. The number of carbonyl (C=O) groups is 1. The third-order valence-corrected chi connectivity index (χ3v) is 4.16. The van der Waals surface area contributed by atoms with Crippen LogP contribution in [0.4, 0.5) is 0 Å². The zero-order valence-electron chi connectivity index (χ0n) is 11.6. The minimum atomic E-state index is 0.177. The Labute approximate surface area is 110 Å². The van der Waals surface area contributed by atoms with Gasteiger partial charge in [0.25, 0.3) is 0 Å². The summed E-state index contributed by atoms with van der Waals surface area (Å²) in [6.45, 7) is 2.69. The topological polar surface area (TPSA) is 44.4 Å². The fourth-order valence-corrected chi connectivity index (χ4v) is 3.04. The third-order valence-electron chi connectivity index (χ3n) is 4.16. The van der Waals surface area contributed by atoms with Crippen LogP contribution in [0, 0.1) is 0 Å². The molecule has 104 valence electrons. The molecule has 1 unspecified atom stereocenters. The second-order valence-electron chi connectivity index (χ2n) is 5.88. The zero-order chi connectivity index (χ0) is 12.8. The lowest BCUT2D eigenvalue weighted by Crippen LogP contribution is -2.43. The molecule has 4 nitrogen and oxygen atoms in total. The van der Waals surface area contributed by atoms with E-state index in [4.69, 9.17) is 0 Å². The largest absolute Gasteiger partial charge is 0.352 e. The number of nitrogens with one attached hydrogen (secondary N) is 2. The van der Waals surface area contributed by atoms with Crippen LogP contribution in [-0.2, 0) is 4.79 Å². The van der Waals surface area contributed by atoms with Crippen LogP contribution < -0.4 is 10.6 Å². The quantitative estimate of drug-likeness (QED) is 0.738. The van der Waals surface area contributed by atoms with Crippen LogP contribution >= 0.6 is 0 Å². The van der Waals surface area contributed by atoms with Crippen molar-refractivity contribution in [1.82, 2.24) is 15.5 Å². The van der Waals surface area contributed by atoms with Crippen LogP contribution in [0.15, 0.2) is 0 Å². The molecule has 0 radical (unpaired) electrons. The maximum atomic E-state index is 11.9. The van der Waals surface area contributed by atoms with Gasteiger partial charge < -0.3 is 15.5 Å². The van der Waals surface area contributed by atoms with E-state index < -0.39 is 0 Å². The highest BCUT2D eigenvalue weighted by atomic mass is 16.2. The smallest absolute Gasteiger partial charge is 0.234 e. The summed E-state index contributed by atoms with van der Waals surface area (Å²) in [5.41, 5.74) is 0. The number of nitrogens with zero attached hydrogens (tertiary/aromatic N) is 1. The van der Waals surface area contributed by atoms with Crippen LogP contribution in [0.3, 0.4) is 0 Å². The average Bonchev–Trinajstić information content (AvgIpc) is 2.60. The van der Waals surface area contributed by atoms with Gasteiger partial charge >= 0.3 is 0 Å². The van der Waals surface area contributed by atoms with Crippen molar-refractivity contribution in [3.8, 4) is 0 Å². The Morgan fingerprint density at radius 1 is 1.11 bits per heavy atom. The molecule has 1 aliphatic heterocycles. The van der Waals surface area contributed by atoms with Crippen LogP contribution in [0.1, 0.15) is 44.9 Å². The molecule has 1 amide bonds. The molecule has 0 aromatic rings. The number of amides is 1. The fraction of sp³-hybridized carbons (Fsp3) is 0.929. The van der Waals surface area contributed by atoms with Crippen molar-refractivity contribution in [2.45, 2.75) is 57.0 Å². The number of carbonyl (C=O) groups excluding carboxylic acids is 1. The molecule has 4 heteroatoms. The monoisotopic (exact) mass is 253 g/mol.